The van der Waals surface area contributed by atoms with E-state index in [4.69, 9.17) is 14.2 Å². The summed E-state index contributed by atoms with van der Waals surface area (Å²) in [6, 6.07) is 3.73. The van der Waals surface area contributed by atoms with Crippen molar-refractivity contribution >= 4 is 0 Å². The van der Waals surface area contributed by atoms with Gasteiger partial charge >= 0.3 is 0 Å². The molecule has 4 nitrogen and oxygen atoms in total. The van der Waals surface area contributed by atoms with Gasteiger partial charge in [-0.25, -0.2) is 4.98 Å². The van der Waals surface area contributed by atoms with E-state index in [0.717, 1.165) is 5.56 Å². The maximum atomic E-state index is 5.47. The van der Waals surface area contributed by atoms with Crippen molar-refractivity contribution in [3.63, 3.8) is 0 Å². The largest absolute Gasteiger partial charge is 0.478 e. The normalized spacial score (nSPS) is 10.8. The van der Waals surface area contributed by atoms with E-state index in [2.05, 4.69) is 4.98 Å². The van der Waals surface area contributed by atoms with Crippen molar-refractivity contribution in [1.82, 2.24) is 4.98 Å². The standard InChI is InChI=1S/C12H19NO3/c1-4-14-11-8-7-10(9-13-11)12(15-5-2)16-6-3/h7-9,12H,4-6H2,1-3H3. The summed E-state index contributed by atoms with van der Waals surface area (Å²) in [5, 5.41) is 0. The molecule has 0 atom stereocenters. The summed E-state index contributed by atoms with van der Waals surface area (Å²) in [5.74, 6) is 0.623. The maximum absolute atomic E-state index is 5.47. The number of hydrogen-bond donors (Lipinski definition) is 0. The molecule has 0 unspecified atom stereocenters. The van der Waals surface area contributed by atoms with E-state index in [9.17, 15) is 0 Å². The van der Waals surface area contributed by atoms with Gasteiger partial charge in [0.15, 0.2) is 6.29 Å². The number of ether oxygens (including phenoxy) is 3. The van der Waals surface area contributed by atoms with E-state index in [1.165, 1.54) is 0 Å². The lowest BCUT2D eigenvalue weighted by Gasteiger charge is -2.16. The molecule has 1 rings (SSSR count). The fourth-order valence-corrected chi connectivity index (χ4v) is 1.31. The Balaban J connectivity index is 2.68. The number of pyridine rings is 1. The van der Waals surface area contributed by atoms with Crippen molar-refractivity contribution < 1.29 is 14.2 Å². The number of aromatic nitrogens is 1. The quantitative estimate of drug-likeness (QED) is 0.669. The van der Waals surface area contributed by atoms with E-state index in [-0.39, 0.29) is 6.29 Å². The summed E-state index contributed by atoms with van der Waals surface area (Å²) in [6.07, 6.45) is 1.39. The van der Waals surface area contributed by atoms with Crippen LogP contribution in [0.15, 0.2) is 18.3 Å². The lowest BCUT2D eigenvalue weighted by atomic mass is 10.3. The second-order valence-corrected chi connectivity index (χ2v) is 3.11. The van der Waals surface area contributed by atoms with Gasteiger partial charge in [-0.2, -0.15) is 0 Å². The predicted octanol–water partition coefficient (Wildman–Crippen LogP) is 2.55. The Morgan fingerprint density at radius 2 is 1.75 bits per heavy atom. The number of hydrogen-bond acceptors (Lipinski definition) is 4. The van der Waals surface area contributed by atoms with Crippen LogP contribution in [0.25, 0.3) is 0 Å². The molecule has 1 aromatic rings. The molecule has 0 radical (unpaired) electrons. The Morgan fingerprint density at radius 3 is 2.19 bits per heavy atom. The Labute approximate surface area is 96.5 Å². The van der Waals surface area contributed by atoms with Crippen LogP contribution in [-0.2, 0) is 9.47 Å². The molecule has 0 fully saturated rings. The first-order valence-corrected chi connectivity index (χ1v) is 5.63. The van der Waals surface area contributed by atoms with E-state index in [0.29, 0.717) is 25.7 Å². The second-order valence-electron chi connectivity index (χ2n) is 3.11. The molecule has 90 valence electrons. The first-order valence-electron chi connectivity index (χ1n) is 5.63. The van der Waals surface area contributed by atoms with Gasteiger partial charge < -0.3 is 14.2 Å². The average Bonchev–Trinajstić information content (AvgIpc) is 2.30. The zero-order chi connectivity index (χ0) is 11.8. The molecule has 16 heavy (non-hydrogen) atoms. The van der Waals surface area contributed by atoms with Gasteiger partial charge in [0.2, 0.25) is 5.88 Å². The third-order valence-corrected chi connectivity index (χ3v) is 1.96. The zero-order valence-electron chi connectivity index (χ0n) is 10.1. The molecule has 4 heteroatoms. The minimum atomic E-state index is -0.335. The third kappa shape index (κ3) is 3.79. The van der Waals surface area contributed by atoms with Crippen LogP contribution in [0, 0.1) is 0 Å². The topological polar surface area (TPSA) is 40.6 Å². The van der Waals surface area contributed by atoms with Crippen LogP contribution in [-0.4, -0.2) is 24.8 Å². The first-order chi connectivity index (χ1) is 7.81. The summed E-state index contributed by atoms with van der Waals surface area (Å²) in [5.41, 5.74) is 0.909. The summed E-state index contributed by atoms with van der Waals surface area (Å²) in [7, 11) is 0. The lowest BCUT2D eigenvalue weighted by Crippen LogP contribution is -2.09. The van der Waals surface area contributed by atoms with Gasteiger partial charge in [0.1, 0.15) is 0 Å². The fraction of sp³-hybridized carbons (Fsp3) is 0.583. The molecule has 0 aliphatic heterocycles. The molecule has 0 spiro atoms. The smallest absolute Gasteiger partial charge is 0.213 e. The molecule has 1 aromatic heterocycles. The minimum Gasteiger partial charge on any atom is -0.478 e. The van der Waals surface area contributed by atoms with Crippen LogP contribution in [0.5, 0.6) is 5.88 Å². The van der Waals surface area contributed by atoms with Gasteiger partial charge in [-0.15, -0.1) is 0 Å². The summed E-state index contributed by atoms with van der Waals surface area (Å²) in [6.45, 7) is 7.64. The molecule has 0 aliphatic carbocycles. The van der Waals surface area contributed by atoms with Crippen molar-refractivity contribution in [1.29, 1.82) is 0 Å². The number of nitrogens with zero attached hydrogens (tertiary/aromatic N) is 1. The van der Waals surface area contributed by atoms with Crippen LogP contribution in [0.1, 0.15) is 32.6 Å². The van der Waals surface area contributed by atoms with Crippen LogP contribution >= 0.6 is 0 Å². The van der Waals surface area contributed by atoms with Gasteiger partial charge in [0, 0.05) is 31.0 Å². The molecule has 0 amide bonds. The van der Waals surface area contributed by atoms with Crippen molar-refractivity contribution in [2.75, 3.05) is 19.8 Å². The summed E-state index contributed by atoms with van der Waals surface area (Å²) in [4.78, 5) is 4.17. The minimum absolute atomic E-state index is 0.335. The highest BCUT2D eigenvalue weighted by atomic mass is 16.7. The molecule has 0 aliphatic rings. The van der Waals surface area contributed by atoms with Crippen molar-refractivity contribution in [2.24, 2.45) is 0 Å². The SMILES string of the molecule is CCOc1ccc(C(OCC)OCC)cn1. The molecule has 0 bridgehead atoms. The van der Waals surface area contributed by atoms with Gasteiger partial charge in [0.25, 0.3) is 0 Å². The van der Waals surface area contributed by atoms with Gasteiger partial charge in [-0.05, 0) is 26.8 Å². The molecular formula is C12H19NO3. The van der Waals surface area contributed by atoms with Crippen molar-refractivity contribution in [3.8, 4) is 5.88 Å². The Bertz CT molecular complexity index is 281. The van der Waals surface area contributed by atoms with E-state index in [1.807, 2.05) is 32.9 Å². The zero-order valence-corrected chi connectivity index (χ0v) is 10.1. The number of rotatable bonds is 7. The van der Waals surface area contributed by atoms with Gasteiger partial charge in [-0.1, -0.05) is 0 Å². The van der Waals surface area contributed by atoms with Crippen LogP contribution in [0.4, 0.5) is 0 Å². The average molecular weight is 225 g/mol. The van der Waals surface area contributed by atoms with Crippen molar-refractivity contribution in [3.05, 3.63) is 23.9 Å². The van der Waals surface area contributed by atoms with Crippen LogP contribution in [0.2, 0.25) is 0 Å². The molecule has 0 N–H and O–H groups in total. The molecule has 1 heterocycles. The first kappa shape index (κ1) is 12.9. The van der Waals surface area contributed by atoms with Crippen LogP contribution < -0.4 is 4.74 Å². The van der Waals surface area contributed by atoms with Crippen LogP contribution in [0.3, 0.4) is 0 Å². The molecule has 0 saturated heterocycles. The summed E-state index contributed by atoms with van der Waals surface area (Å²) < 4.78 is 16.2. The van der Waals surface area contributed by atoms with Gasteiger partial charge in [-0.3, -0.25) is 0 Å². The van der Waals surface area contributed by atoms with Gasteiger partial charge in [0.05, 0.1) is 6.61 Å². The Hall–Kier alpha value is -1.13. The van der Waals surface area contributed by atoms with Crippen molar-refractivity contribution in [2.45, 2.75) is 27.1 Å². The molecule has 0 aromatic carbocycles. The highest BCUT2D eigenvalue weighted by molar-refractivity contribution is 5.18. The fourth-order valence-electron chi connectivity index (χ4n) is 1.31. The molecular weight excluding hydrogens is 206 g/mol. The lowest BCUT2D eigenvalue weighted by molar-refractivity contribution is -0.140. The third-order valence-electron chi connectivity index (χ3n) is 1.96. The van der Waals surface area contributed by atoms with E-state index in [1.54, 1.807) is 6.20 Å². The highest BCUT2D eigenvalue weighted by Gasteiger charge is 2.11. The summed E-state index contributed by atoms with van der Waals surface area (Å²) >= 11 is 0. The monoisotopic (exact) mass is 225 g/mol. The Kier molecular flexibility index (Phi) is 5.82. The van der Waals surface area contributed by atoms with E-state index >= 15 is 0 Å². The van der Waals surface area contributed by atoms with E-state index < -0.39 is 0 Å². The Morgan fingerprint density at radius 1 is 1.06 bits per heavy atom. The highest BCUT2D eigenvalue weighted by Crippen LogP contribution is 2.19. The second kappa shape index (κ2) is 7.19. The predicted molar refractivity (Wildman–Crippen MR) is 61.4 cm³/mol. The molecule has 0 saturated carbocycles. The maximum Gasteiger partial charge on any atom is 0.213 e.